The van der Waals surface area contributed by atoms with E-state index in [9.17, 15) is 0 Å². The first-order valence-corrected chi connectivity index (χ1v) is 7.67. The fraction of sp³-hybridized carbons (Fsp3) is 0.625. The van der Waals surface area contributed by atoms with Crippen molar-refractivity contribution in [1.82, 2.24) is 0 Å². The average Bonchev–Trinajstić information content (AvgIpc) is 2.41. The molecule has 0 bridgehead atoms. The Balaban J connectivity index is 2.32. The summed E-state index contributed by atoms with van der Waals surface area (Å²) >= 11 is 5.91. The molecule has 2 atom stereocenters. The second kappa shape index (κ2) is 9.22. The van der Waals surface area contributed by atoms with E-state index in [4.69, 9.17) is 22.1 Å². The molecule has 0 aliphatic rings. The van der Waals surface area contributed by atoms with Gasteiger partial charge in [0.2, 0.25) is 0 Å². The van der Waals surface area contributed by atoms with Crippen LogP contribution >= 0.6 is 11.6 Å². The Morgan fingerprint density at radius 1 is 1.32 bits per heavy atom. The van der Waals surface area contributed by atoms with Gasteiger partial charge in [-0.3, -0.25) is 0 Å². The zero-order valence-electron chi connectivity index (χ0n) is 12.1. The van der Waals surface area contributed by atoms with Gasteiger partial charge in [0, 0.05) is 11.1 Å². The quantitative estimate of drug-likeness (QED) is 0.716. The van der Waals surface area contributed by atoms with Gasteiger partial charge in [-0.1, -0.05) is 57.2 Å². The zero-order chi connectivity index (χ0) is 14.1. The van der Waals surface area contributed by atoms with E-state index in [1.54, 1.807) is 0 Å². The molecule has 1 rings (SSSR count). The molecule has 0 heterocycles. The maximum Gasteiger partial charge on any atom is 0.120 e. The summed E-state index contributed by atoms with van der Waals surface area (Å²) in [5.74, 6) is 1.52. The van der Waals surface area contributed by atoms with E-state index < -0.39 is 0 Å². The summed E-state index contributed by atoms with van der Waals surface area (Å²) in [4.78, 5) is 0. The Labute approximate surface area is 122 Å². The van der Waals surface area contributed by atoms with E-state index in [1.165, 1.54) is 25.7 Å². The lowest BCUT2D eigenvalue weighted by molar-refractivity contribution is 0.258. The molecule has 0 aliphatic heterocycles. The van der Waals surface area contributed by atoms with Crippen molar-refractivity contribution in [1.29, 1.82) is 0 Å². The SMILES string of the molecule is CCCCC(CC)CC(N)COc1cccc(Cl)c1. The monoisotopic (exact) mass is 283 g/mol. The molecule has 0 saturated carbocycles. The van der Waals surface area contributed by atoms with Gasteiger partial charge in [-0.25, -0.2) is 0 Å². The Kier molecular flexibility index (Phi) is 7.92. The summed E-state index contributed by atoms with van der Waals surface area (Å²) < 4.78 is 5.69. The van der Waals surface area contributed by atoms with Crippen LogP contribution in [0.2, 0.25) is 5.02 Å². The first-order chi connectivity index (χ1) is 9.15. The summed E-state index contributed by atoms with van der Waals surface area (Å²) in [6, 6.07) is 7.56. The second-order valence-electron chi connectivity index (χ2n) is 5.18. The fourth-order valence-electron chi connectivity index (χ4n) is 2.24. The highest BCUT2D eigenvalue weighted by molar-refractivity contribution is 6.30. The van der Waals surface area contributed by atoms with Crippen LogP contribution in [-0.4, -0.2) is 12.6 Å². The van der Waals surface area contributed by atoms with Crippen molar-refractivity contribution >= 4 is 11.6 Å². The van der Waals surface area contributed by atoms with Crippen LogP contribution in [-0.2, 0) is 0 Å². The summed E-state index contributed by atoms with van der Waals surface area (Å²) in [6.45, 7) is 5.03. The Bertz CT molecular complexity index is 356. The van der Waals surface area contributed by atoms with Crippen LogP contribution in [0.25, 0.3) is 0 Å². The van der Waals surface area contributed by atoms with Gasteiger partial charge in [0.15, 0.2) is 0 Å². The third kappa shape index (κ3) is 6.84. The first kappa shape index (κ1) is 16.3. The minimum Gasteiger partial charge on any atom is -0.492 e. The molecule has 0 spiro atoms. The van der Waals surface area contributed by atoms with E-state index in [0.29, 0.717) is 11.6 Å². The topological polar surface area (TPSA) is 35.2 Å². The maximum absolute atomic E-state index is 6.15. The number of benzene rings is 1. The molecule has 2 nitrogen and oxygen atoms in total. The van der Waals surface area contributed by atoms with Gasteiger partial charge in [0.05, 0.1) is 0 Å². The minimum atomic E-state index is 0.0980. The first-order valence-electron chi connectivity index (χ1n) is 7.29. The van der Waals surface area contributed by atoms with Gasteiger partial charge in [-0.2, -0.15) is 0 Å². The number of halogens is 1. The van der Waals surface area contributed by atoms with E-state index in [-0.39, 0.29) is 6.04 Å². The predicted octanol–water partition coefficient (Wildman–Crippen LogP) is 4.65. The molecule has 3 heteroatoms. The van der Waals surface area contributed by atoms with Crippen molar-refractivity contribution in [3.8, 4) is 5.75 Å². The molecule has 1 aromatic carbocycles. The van der Waals surface area contributed by atoms with Crippen molar-refractivity contribution < 1.29 is 4.74 Å². The lowest BCUT2D eigenvalue weighted by Gasteiger charge is -2.20. The summed E-state index contributed by atoms with van der Waals surface area (Å²) in [5, 5.41) is 0.695. The van der Waals surface area contributed by atoms with Crippen LogP contribution < -0.4 is 10.5 Å². The number of hydrogen-bond donors (Lipinski definition) is 1. The van der Waals surface area contributed by atoms with E-state index >= 15 is 0 Å². The van der Waals surface area contributed by atoms with Crippen LogP contribution in [0.1, 0.15) is 46.0 Å². The molecule has 0 fully saturated rings. The average molecular weight is 284 g/mol. The van der Waals surface area contributed by atoms with Gasteiger partial charge in [0.25, 0.3) is 0 Å². The highest BCUT2D eigenvalue weighted by Crippen LogP contribution is 2.20. The summed E-state index contributed by atoms with van der Waals surface area (Å²) in [7, 11) is 0. The Morgan fingerprint density at radius 3 is 2.74 bits per heavy atom. The smallest absolute Gasteiger partial charge is 0.120 e. The number of ether oxygens (including phenoxy) is 1. The van der Waals surface area contributed by atoms with Gasteiger partial charge >= 0.3 is 0 Å². The van der Waals surface area contributed by atoms with Crippen LogP contribution in [0.15, 0.2) is 24.3 Å². The van der Waals surface area contributed by atoms with Crippen molar-refractivity contribution in [2.75, 3.05) is 6.61 Å². The van der Waals surface area contributed by atoms with Crippen LogP contribution in [0.5, 0.6) is 5.75 Å². The number of rotatable bonds is 9. The van der Waals surface area contributed by atoms with E-state index in [0.717, 1.165) is 18.1 Å². The molecule has 0 aliphatic carbocycles. The molecular weight excluding hydrogens is 258 g/mol. The molecule has 0 saturated heterocycles. The number of unbranched alkanes of at least 4 members (excludes halogenated alkanes) is 1. The number of hydrogen-bond acceptors (Lipinski definition) is 2. The lowest BCUT2D eigenvalue weighted by Crippen LogP contribution is -2.30. The van der Waals surface area contributed by atoms with E-state index in [1.807, 2.05) is 24.3 Å². The van der Waals surface area contributed by atoms with Crippen LogP contribution in [0.3, 0.4) is 0 Å². The molecule has 2 N–H and O–H groups in total. The lowest BCUT2D eigenvalue weighted by atomic mass is 9.92. The van der Waals surface area contributed by atoms with Crippen LogP contribution in [0.4, 0.5) is 0 Å². The standard InChI is InChI=1S/C16H26ClNO/c1-3-5-7-13(4-2)10-15(18)12-19-16-9-6-8-14(17)11-16/h6,8-9,11,13,15H,3-5,7,10,12,18H2,1-2H3. The highest BCUT2D eigenvalue weighted by atomic mass is 35.5. The summed E-state index contributed by atoms with van der Waals surface area (Å²) in [6.07, 6.45) is 6.06. The minimum absolute atomic E-state index is 0.0980. The van der Waals surface area contributed by atoms with Crippen molar-refractivity contribution in [3.63, 3.8) is 0 Å². The maximum atomic E-state index is 6.15. The Morgan fingerprint density at radius 2 is 2.11 bits per heavy atom. The summed E-state index contributed by atoms with van der Waals surface area (Å²) in [5.41, 5.74) is 6.15. The normalized spacial score (nSPS) is 14.1. The molecule has 1 aromatic rings. The Hall–Kier alpha value is -0.730. The second-order valence-corrected chi connectivity index (χ2v) is 5.62. The predicted molar refractivity (Wildman–Crippen MR) is 82.8 cm³/mol. The van der Waals surface area contributed by atoms with Gasteiger partial charge < -0.3 is 10.5 Å². The number of nitrogens with two attached hydrogens (primary N) is 1. The van der Waals surface area contributed by atoms with Gasteiger partial charge in [0.1, 0.15) is 12.4 Å². The van der Waals surface area contributed by atoms with E-state index in [2.05, 4.69) is 13.8 Å². The van der Waals surface area contributed by atoms with Gasteiger partial charge in [-0.15, -0.1) is 0 Å². The molecule has 19 heavy (non-hydrogen) atoms. The molecular formula is C16H26ClNO. The van der Waals surface area contributed by atoms with Crippen LogP contribution in [0, 0.1) is 5.92 Å². The fourth-order valence-corrected chi connectivity index (χ4v) is 2.42. The van der Waals surface area contributed by atoms with Crippen molar-refractivity contribution in [2.24, 2.45) is 11.7 Å². The molecule has 108 valence electrons. The zero-order valence-corrected chi connectivity index (χ0v) is 12.8. The van der Waals surface area contributed by atoms with Crippen molar-refractivity contribution in [2.45, 2.75) is 52.0 Å². The molecule has 2 unspecified atom stereocenters. The molecule has 0 aromatic heterocycles. The van der Waals surface area contributed by atoms with Crippen molar-refractivity contribution in [3.05, 3.63) is 29.3 Å². The highest BCUT2D eigenvalue weighted by Gasteiger charge is 2.12. The third-order valence-corrected chi connectivity index (χ3v) is 3.67. The largest absolute Gasteiger partial charge is 0.492 e. The third-order valence-electron chi connectivity index (χ3n) is 3.44. The van der Waals surface area contributed by atoms with Gasteiger partial charge in [-0.05, 0) is 30.5 Å². The molecule has 0 amide bonds. The molecule has 0 radical (unpaired) electrons.